The van der Waals surface area contributed by atoms with Crippen LogP contribution in [0, 0.1) is 0 Å². The van der Waals surface area contributed by atoms with Crippen molar-refractivity contribution in [1.29, 1.82) is 0 Å². The largest absolute Gasteiger partial charge is 0.493 e. The molecule has 2 aromatic heterocycles. The van der Waals surface area contributed by atoms with Gasteiger partial charge in [0.2, 0.25) is 5.75 Å². The van der Waals surface area contributed by atoms with Crippen LogP contribution in [0.4, 0.5) is 0 Å². The van der Waals surface area contributed by atoms with Crippen molar-refractivity contribution >= 4 is 17.2 Å². The zero-order chi connectivity index (χ0) is 20.8. The number of carbonyl (C=O) groups excluding carboxylic acids is 1. The summed E-state index contributed by atoms with van der Waals surface area (Å²) in [5.41, 5.74) is 1.90. The number of ether oxygens (including phenoxy) is 3. The molecule has 3 rings (SSSR count). The summed E-state index contributed by atoms with van der Waals surface area (Å²) in [5, 5.41) is 0. The van der Waals surface area contributed by atoms with Gasteiger partial charge < -0.3 is 19.1 Å². The molecule has 0 N–H and O–H groups in total. The lowest BCUT2D eigenvalue weighted by Crippen LogP contribution is -2.29. The van der Waals surface area contributed by atoms with Gasteiger partial charge in [-0.25, -0.2) is 0 Å². The normalized spacial score (nSPS) is 10.5. The van der Waals surface area contributed by atoms with Crippen LogP contribution >= 0.6 is 11.3 Å². The van der Waals surface area contributed by atoms with Crippen molar-refractivity contribution in [2.24, 2.45) is 0 Å². The first kappa shape index (κ1) is 20.7. The number of rotatable bonds is 8. The van der Waals surface area contributed by atoms with Crippen molar-refractivity contribution in [2.75, 3.05) is 27.9 Å². The van der Waals surface area contributed by atoms with Gasteiger partial charge in [0.15, 0.2) is 11.5 Å². The number of carbonyl (C=O) groups is 1. The molecule has 0 aliphatic rings. The van der Waals surface area contributed by atoms with E-state index in [4.69, 9.17) is 14.2 Å². The molecular formula is C22H24N2O4S. The topological polar surface area (TPSA) is 60.9 Å². The third-order valence-electron chi connectivity index (χ3n) is 4.58. The Morgan fingerprint density at radius 2 is 1.69 bits per heavy atom. The lowest BCUT2D eigenvalue weighted by molar-refractivity contribution is 0.0757. The molecule has 0 unspecified atom stereocenters. The van der Waals surface area contributed by atoms with Crippen LogP contribution in [-0.4, -0.2) is 43.7 Å². The zero-order valence-electron chi connectivity index (χ0n) is 17.0. The highest BCUT2D eigenvalue weighted by atomic mass is 32.1. The van der Waals surface area contributed by atoms with Gasteiger partial charge in [-0.2, -0.15) is 0 Å². The van der Waals surface area contributed by atoms with Crippen LogP contribution in [0.2, 0.25) is 0 Å². The summed E-state index contributed by atoms with van der Waals surface area (Å²) in [7, 11) is 4.75. The SMILES string of the molecule is CCN(Cc1ccncc1)C(=O)c1ccc(-c2ccc(OC)c(OC)c2OC)s1. The highest BCUT2D eigenvalue weighted by Crippen LogP contribution is 2.45. The molecule has 0 saturated heterocycles. The number of benzene rings is 1. The third-order valence-corrected chi connectivity index (χ3v) is 5.68. The van der Waals surface area contributed by atoms with Gasteiger partial charge in [0.05, 0.1) is 26.2 Å². The number of thiophene rings is 1. The van der Waals surface area contributed by atoms with Crippen LogP contribution in [0.5, 0.6) is 17.2 Å². The average molecular weight is 413 g/mol. The molecule has 1 aromatic carbocycles. The van der Waals surface area contributed by atoms with Crippen LogP contribution in [0.15, 0.2) is 48.8 Å². The predicted molar refractivity (Wildman–Crippen MR) is 114 cm³/mol. The Morgan fingerprint density at radius 3 is 2.31 bits per heavy atom. The summed E-state index contributed by atoms with van der Waals surface area (Å²) in [6, 6.07) is 11.4. The molecule has 0 bridgehead atoms. The molecule has 0 aliphatic carbocycles. The lowest BCUT2D eigenvalue weighted by Gasteiger charge is -2.20. The molecule has 0 radical (unpaired) electrons. The first-order chi connectivity index (χ1) is 14.1. The number of aromatic nitrogens is 1. The minimum atomic E-state index is 0.00000533. The van der Waals surface area contributed by atoms with Crippen LogP contribution in [-0.2, 0) is 6.54 Å². The standard InChI is InChI=1S/C22H24N2O4S/c1-5-24(14-15-10-12-23-13-11-15)22(25)19-9-8-18(29-19)16-6-7-17(26-2)21(28-4)20(16)27-3/h6-13H,5,14H2,1-4H3. The van der Waals surface area contributed by atoms with Gasteiger partial charge in [-0.3, -0.25) is 9.78 Å². The molecule has 2 heterocycles. The summed E-state index contributed by atoms with van der Waals surface area (Å²) in [5.74, 6) is 1.70. The molecule has 0 saturated carbocycles. The fourth-order valence-electron chi connectivity index (χ4n) is 3.08. The van der Waals surface area contributed by atoms with Crippen molar-refractivity contribution in [1.82, 2.24) is 9.88 Å². The number of amides is 1. The highest BCUT2D eigenvalue weighted by molar-refractivity contribution is 7.17. The number of pyridine rings is 1. The van der Waals surface area contributed by atoms with E-state index < -0.39 is 0 Å². The Kier molecular flexibility index (Phi) is 6.72. The smallest absolute Gasteiger partial charge is 0.264 e. The zero-order valence-corrected chi connectivity index (χ0v) is 17.8. The van der Waals surface area contributed by atoms with Gasteiger partial charge in [0.1, 0.15) is 0 Å². The number of methoxy groups -OCH3 is 3. The first-order valence-corrected chi connectivity index (χ1v) is 10.0. The minimum absolute atomic E-state index is 0.00000533. The fourth-order valence-corrected chi connectivity index (χ4v) is 4.08. The third kappa shape index (κ3) is 4.35. The molecule has 0 spiro atoms. The summed E-state index contributed by atoms with van der Waals surface area (Å²) < 4.78 is 16.4. The average Bonchev–Trinajstić information content (AvgIpc) is 3.26. The summed E-state index contributed by atoms with van der Waals surface area (Å²) in [6.07, 6.45) is 3.47. The van der Waals surface area contributed by atoms with Crippen molar-refractivity contribution in [3.63, 3.8) is 0 Å². The molecule has 1 amide bonds. The molecule has 6 nitrogen and oxygen atoms in total. The summed E-state index contributed by atoms with van der Waals surface area (Å²) in [6.45, 7) is 3.14. The fraction of sp³-hybridized carbons (Fsp3) is 0.273. The van der Waals surface area contributed by atoms with E-state index in [0.717, 1.165) is 16.0 Å². The van der Waals surface area contributed by atoms with Crippen molar-refractivity contribution in [3.8, 4) is 27.7 Å². The monoisotopic (exact) mass is 412 g/mol. The van der Waals surface area contributed by atoms with Gasteiger partial charge in [-0.15, -0.1) is 11.3 Å². The Labute approximate surface area is 174 Å². The Balaban J connectivity index is 1.89. The summed E-state index contributed by atoms with van der Waals surface area (Å²) in [4.78, 5) is 20.5. The maximum absolute atomic E-state index is 13.0. The second kappa shape index (κ2) is 9.43. The van der Waals surface area contributed by atoms with E-state index in [1.54, 1.807) is 33.7 Å². The van der Waals surface area contributed by atoms with E-state index in [0.29, 0.717) is 35.2 Å². The molecule has 0 fully saturated rings. The number of hydrogen-bond donors (Lipinski definition) is 0. The molecule has 3 aromatic rings. The van der Waals surface area contributed by atoms with Crippen molar-refractivity contribution < 1.29 is 19.0 Å². The van der Waals surface area contributed by atoms with E-state index in [1.807, 2.05) is 48.2 Å². The quantitative estimate of drug-likeness (QED) is 0.545. The molecular weight excluding hydrogens is 388 g/mol. The van der Waals surface area contributed by atoms with Gasteiger partial charge in [0.25, 0.3) is 5.91 Å². The predicted octanol–water partition coefficient (Wildman–Crippen LogP) is 4.50. The van der Waals surface area contributed by atoms with E-state index in [-0.39, 0.29) is 5.91 Å². The molecule has 0 aliphatic heterocycles. The van der Waals surface area contributed by atoms with Gasteiger partial charge in [-0.05, 0) is 48.9 Å². The Morgan fingerprint density at radius 1 is 0.966 bits per heavy atom. The Bertz CT molecular complexity index is 972. The molecule has 7 heteroatoms. The molecule has 152 valence electrons. The molecule has 29 heavy (non-hydrogen) atoms. The van der Waals surface area contributed by atoms with Crippen LogP contribution < -0.4 is 14.2 Å². The van der Waals surface area contributed by atoms with Gasteiger partial charge in [-0.1, -0.05) is 0 Å². The van der Waals surface area contributed by atoms with E-state index in [9.17, 15) is 4.79 Å². The van der Waals surface area contributed by atoms with E-state index in [1.165, 1.54) is 11.3 Å². The Hall–Kier alpha value is -3.06. The second-order valence-electron chi connectivity index (χ2n) is 6.22. The van der Waals surface area contributed by atoms with Crippen LogP contribution in [0.25, 0.3) is 10.4 Å². The number of nitrogens with zero attached hydrogens (tertiary/aromatic N) is 2. The number of hydrogen-bond acceptors (Lipinski definition) is 6. The summed E-state index contributed by atoms with van der Waals surface area (Å²) >= 11 is 1.43. The van der Waals surface area contributed by atoms with Crippen LogP contribution in [0.3, 0.4) is 0 Å². The molecule has 0 atom stereocenters. The van der Waals surface area contributed by atoms with E-state index in [2.05, 4.69) is 4.98 Å². The van der Waals surface area contributed by atoms with Crippen molar-refractivity contribution in [3.05, 3.63) is 59.2 Å². The first-order valence-electron chi connectivity index (χ1n) is 9.20. The van der Waals surface area contributed by atoms with Crippen LogP contribution in [0.1, 0.15) is 22.2 Å². The maximum atomic E-state index is 13.0. The van der Waals surface area contributed by atoms with Gasteiger partial charge in [0, 0.05) is 35.9 Å². The highest BCUT2D eigenvalue weighted by Gasteiger charge is 2.21. The minimum Gasteiger partial charge on any atom is -0.493 e. The van der Waals surface area contributed by atoms with Crippen molar-refractivity contribution in [2.45, 2.75) is 13.5 Å². The van der Waals surface area contributed by atoms with E-state index >= 15 is 0 Å². The lowest BCUT2D eigenvalue weighted by atomic mass is 10.1. The maximum Gasteiger partial charge on any atom is 0.264 e. The van der Waals surface area contributed by atoms with Gasteiger partial charge >= 0.3 is 0 Å². The second-order valence-corrected chi connectivity index (χ2v) is 7.30.